The highest BCUT2D eigenvalue weighted by molar-refractivity contribution is 5.79. The van der Waals surface area contributed by atoms with Gasteiger partial charge in [0, 0.05) is 30.6 Å². The Morgan fingerprint density at radius 1 is 1.00 bits per heavy atom. The monoisotopic (exact) mass is 382 g/mol. The van der Waals surface area contributed by atoms with E-state index in [2.05, 4.69) is 25.3 Å². The van der Waals surface area contributed by atoms with Gasteiger partial charge in [0.05, 0.1) is 5.69 Å². The zero-order valence-corrected chi connectivity index (χ0v) is 16.6. The molecule has 2 aliphatic carbocycles. The van der Waals surface area contributed by atoms with Crippen molar-refractivity contribution >= 4 is 17.5 Å². The number of carbonyl (C=O) groups is 1. The van der Waals surface area contributed by atoms with Crippen molar-refractivity contribution in [2.24, 2.45) is 5.92 Å². The van der Waals surface area contributed by atoms with Crippen LogP contribution in [-0.2, 0) is 17.6 Å². The Morgan fingerprint density at radius 3 is 2.57 bits per heavy atom. The zero-order valence-electron chi connectivity index (χ0n) is 16.6. The van der Waals surface area contributed by atoms with Gasteiger partial charge < -0.3 is 10.2 Å². The number of rotatable bonds is 3. The number of hydrogen-bond acceptors (Lipinski definition) is 5. The lowest BCUT2D eigenvalue weighted by Gasteiger charge is -2.34. The number of nitrogens with one attached hydrogen (secondary N) is 1. The van der Waals surface area contributed by atoms with E-state index in [9.17, 15) is 4.79 Å². The van der Waals surface area contributed by atoms with Crippen molar-refractivity contribution in [1.82, 2.24) is 24.9 Å². The Kier molecular flexibility index (Phi) is 4.91. The summed E-state index contributed by atoms with van der Waals surface area (Å²) in [6, 6.07) is 0.395. The molecule has 1 aliphatic heterocycles. The van der Waals surface area contributed by atoms with Gasteiger partial charge >= 0.3 is 0 Å². The normalized spacial score (nSPS) is 21.6. The Morgan fingerprint density at radius 2 is 1.79 bits per heavy atom. The maximum atomic E-state index is 12.8. The molecule has 0 unspecified atom stereocenters. The van der Waals surface area contributed by atoms with Gasteiger partial charge in [-0.3, -0.25) is 4.79 Å². The largest absolute Gasteiger partial charge is 0.356 e. The van der Waals surface area contributed by atoms with Crippen LogP contribution in [0.3, 0.4) is 0 Å². The van der Waals surface area contributed by atoms with E-state index in [1.165, 1.54) is 36.9 Å². The van der Waals surface area contributed by atoms with Gasteiger partial charge in [-0.25, -0.2) is 4.98 Å². The van der Waals surface area contributed by atoms with E-state index in [1.54, 1.807) is 6.33 Å². The molecule has 1 saturated heterocycles. The highest BCUT2D eigenvalue weighted by Crippen LogP contribution is 2.33. The standard InChI is InChI=1S/C21H30N6O/c28-19(24-16-6-3-1-2-4-7-16)15-10-12-26(13-11-15)20-17-8-5-9-18(17)25-21-22-14-23-27(20)21/h14-16H,1-13H2,(H,24,28). The Labute approximate surface area is 165 Å². The van der Waals surface area contributed by atoms with Crippen LogP contribution in [0.2, 0.25) is 0 Å². The third-order valence-corrected chi connectivity index (χ3v) is 6.79. The summed E-state index contributed by atoms with van der Waals surface area (Å²) in [5.41, 5.74) is 2.52. The molecular formula is C21H30N6O. The van der Waals surface area contributed by atoms with Gasteiger partial charge in [0.25, 0.3) is 5.78 Å². The molecule has 5 rings (SSSR count). The second-order valence-corrected chi connectivity index (χ2v) is 8.64. The summed E-state index contributed by atoms with van der Waals surface area (Å²) in [7, 11) is 0. The highest BCUT2D eigenvalue weighted by atomic mass is 16.1. The van der Waals surface area contributed by atoms with Crippen LogP contribution in [0.4, 0.5) is 5.82 Å². The van der Waals surface area contributed by atoms with E-state index in [1.807, 2.05) is 4.52 Å². The number of amides is 1. The number of aryl methyl sites for hydroxylation is 1. The van der Waals surface area contributed by atoms with Gasteiger partial charge in [0.2, 0.25) is 5.91 Å². The number of nitrogens with zero attached hydrogens (tertiary/aromatic N) is 5. The first-order chi connectivity index (χ1) is 13.8. The van der Waals surface area contributed by atoms with Crippen LogP contribution in [-0.4, -0.2) is 44.6 Å². The third-order valence-electron chi connectivity index (χ3n) is 6.79. The number of fused-ring (bicyclic) bond motifs is 2. The summed E-state index contributed by atoms with van der Waals surface area (Å²) in [6.07, 6.45) is 14.1. The molecule has 3 heterocycles. The first-order valence-electron chi connectivity index (χ1n) is 11.1. The molecule has 2 fully saturated rings. The second-order valence-electron chi connectivity index (χ2n) is 8.64. The van der Waals surface area contributed by atoms with Gasteiger partial charge in [-0.15, -0.1) is 0 Å². The van der Waals surface area contributed by atoms with Crippen molar-refractivity contribution in [2.75, 3.05) is 18.0 Å². The van der Waals surface area contributed by atoms with Crippen LogP contribution in [0.15, 0.2) is 6.33 Å². The number of piperidine rings is 1. The van der Waals surface area contributed by atoms with Crippen molar-refractivity contribution in [1.29, 1.82) is 0 Å². The Bertz CT molecular complexity index is 846. The molecule has 0 aromatic carbocycles. The number of aromatic nitrogens is 4. The van der Waals surface area contributed by atoms with E-state index in [0.717, 1.165) is 63.9 Å². The summed E-state index contributed by atoms with van der Waals surface area (Å²) >= 11 is 0. The summed E-state index contributed by atoms with van der Waals surface area (Å²) in [4.78, 5) is 24.2. The summed E-state index contributed by atoms with van der Waals surface area (Å²) < 4.78 is 1.90. The van der Waals surface area contributed by atoms with Crippen molar-refractivity contribution in [3.05, 3.63) is 17.6 Å². The SMILES string of the molecule is O=C(NC1CCCCCC1)C1CCN(c2c3c(nc4ncnn24)CCC3)CC1. The van der Waals surface area contributed by atoms with Crippen molar-refractivity contribution in [3.63, 3.8) is 0 Å². The summed E-state index contributed by atoms with van der Waals surface area (Å²) in [5, 5.41) is 7.79. The fourth-order valence-electron chi connectivity index (χ4n) is 5.22. The maximum absolute atomic E-state index is 12.8. The van der Waals surface area contributed by atoms with Crippen LogP contribution in [0.1, 0.15) is 69.0 Å². The van der Waals surface area contributed by atoms with Crippen LogP contribution >= 0.6 is 0 Å². The molecule has 0 bridgehead atoms. The molecule has 1 saturated carbocycles. The average Bonchev–Trinajstić information content (AvgIpc) is 3.30. The predicted octanol–water partition coefficient (Wildman–Crippen LogP) is 2.67. The number of hydrogen-bond donors (Lipinski definition) is 1. The van der Waals surface area contributed by atoms with E-state index in [-0.39, 0.29) is 11.8 Å². The van der Waals surface area contributed by atoms with Crippen molar-refractivity contribution in [2.45, 2.75) is 76.7 Å². The average molecular weight is 383 g/mol. The van der Waals surface area contributed by atoms with Crippen LogP contribution < -0.4 is 10.2 Å². The predicted molar refractivity (Wildman–Crippen MR) is 107 cm³/mol. The van der Waals surface area contributed by atoms with Gasteiger partial charge in [-0.05, 0) is 44.9 Å². The zero-order chi connectivity index (χ0) is 18.9. The van der Waals surface area contributed by atoms with Crippen LogP contribution in [0, 0.1) is 5.92 Å². The van der Waals surface area contributed by atoms with E-state index < -0.39 is 0 Å². The number of anilines is 1. The lowest BCUT2D eigenvalue weighted by molar-refractivity contribution is -0.126. The van der Waals surface area contributed by atoms with Gasteiger partial charge in [0.1, 0.15) is 12.1 Å². The molecule has 1 amide bonds. The molecule has 7 heteroatoms. The minimum atomic E-state index is 0.139. The van der Waals surface area contributed by atoms with Crippen LogP contribution in [0.25, 0.3) is 5.78 Å². The van der Waals surface area contributed by atoms with E-state index in [0.29, 0.717) is 11.8 Å². The fraction of sp³-hybridized carbons (Fsp3) is 0.714. The molecular weight excluding hydrogens is 352 g/mol. The first kappa shape index (κ1) is 17.9. The fourth-order valence-corrected chi connectivity index (χ4v) is 5.22. The lowest BCUT2D eigenvalue weighted by atomic mass is 9.94. The van der Waals surface area contributed by atoms with E-state index in [4.69, 9.17) is 0 Å². The molecule has 0 atom stereocenters. The number of carbonyl (C=O) groups excluding carboxylic acids is 1. The van der Waals surface area contributed by atoms with E-state index >= 15 is 0 Å². The molecule has 2 aromatic heterocycles. The highest BCUT2D eigenvalue weighted by Gasteiger charge is 2.31. The second kappa shape index (κ2) is 7.68. The lowest BCUT2D eigenvalue weighted by Crippen LogP contribution is -2.44. The minimum Gasteiger partial charge on any atom is -0.356 e. The summed E-state index contributed by atoms with van der Waals surface area (Å²) in [6.45, 7) is 1.79. The third kappa shape index (κ3) is 3.35. The quantitative estimate of drug-likeness (QED) is 0.826. The van der Waals surface area contributed by atoms with Crippen LogP contribution in [0.5, 0.6) is 0 Å². The molecule has 0 spiro atoms. The maximum Gasteiger partial charge on any atom is 0.254 e. The molecule has 2 aromatic rings. The van der Waals surface area contributed by atoms with Gasteiger partial charge in [0.15, 0.2) is 0 Å². The molecule has 28 heavy (non-hydrogen) atoms. The first-order valence-corrected chi connectivity index (χ1v) is 11.1. The smallest absolute Gasteiger partial charge is 0.254 e. The molecule has 3 aliphatic rings. The molecule has 150 valence electrons. The van der Waals surface area contributed by atoms with Gasteiger partial charge in [-0.2, -0.15) is 14.6 Å². The summed E-state index contributed by atoms with van der Waals surface area (Å²) in [5.74, 6) is 2.28. The molecule has 0 radical (unpaired) electrons. The van der Waals surface area contributed by atoms with Crippen molar-refractivity contribution in [3.8, 4) is 0 Å². The van der Waals surface area contributed by atoms with Gasteiger partial charge in [-0.1, -0.05) is 25.7 Å². The Balaban J connectivity index is 1.27. The van der Waals surface area contributed by atoms with Crippen molar-refractivity contribution < 1.29 is 4.79 Å². The molecule has 7 nitrogen and oxygen atoms in total. The minimum absolute atomic E-state index is 0.139. The molecule has 1 N–H and O–H groups in total. The topological polar surface area (TPSA) is 75.4 Å². The Hall–Kier alpha value is -2.18.